The largest absolute Gasteiger partial charge is 0.465 e. The summed E-state index contributed by atoms with van der Waals surface area (Å²) in [7, 11) is 0. The zero-order chi connectivity index (χ0) is 22.8. The van der Waals surface area contributed by atoms with E-state index in [4.69, 9.17) is 20.8 Å². The highest BCUT2D eigenvalue weighted by Gasteiger charge is 2.27. The number of hydrogen-bond acceptors (Lipinski definition) is 5. The third kappa shape index (κ3) is 4.53. The third-order valence-electron chi connectivity index (χ3n) is 6.39. The summed E-state index contributed by atoms with van der Waals surface area (Å²) < 4.78 is 12.8. The van der Waals surface area contributed by atoms with Crippen LogP contribution in [0.15, 0.2) is 57.7 Å². The van der Waals surface area contributed by atoms with Gasteiger partial charge in [-0.3, -0.25) is 9.59 Å². The van der Waals surface area contributed by atoms with E-state index in [9.17, 15) is 9.59 Å². The number of nitrogens with zero attached hydrogens (tertiary/aromatic N) is 2. The van der Waals surface area contributed by atoms with Crippen molar-refractivity contribution in [3.05, 3.63) is 69.7 Å². The van der Waals surface area contributed by atoms with E-state index in [-0.39, 0.29) is 17.7 Å². The lowest BCUT2D eigenvalue weighted by atomic mass is 9.87. The van der Waals surface area contributed by atoms with Crippen molar-refractivity contribution in [2.45, 2.75) is 44.9 Å². The smallest absolute Gasteiger partial charge is 0.313 e. The highest BCUT2D eigenvalue weighted by Crippen LogP contribution is 2.32. The number of ether oxygens (including phenoxy) is 1. The molecule has 0 N–H and O–H groups in total. The molecule has 2 aromatic rings. The maximum atomic E-state index is 13.3. The number of carbonyl (C=O) groups is 1. The monoisotopic (exact) mass is 464 g/mol. The molecular weight excluding hydrogens is 440 g/mol. The lowest BCUT2D eigenvalue weighted by molar-refractivity contribution is -0.143. The maximum absolute atomic E-state index is 13.3. The minimum atomic E-state index is -0.398. The fourth-order valence-electron chi connectivity index (χ4n) is 4.66. The van der Waals surface area contributed by atoms with E-state index in [1.807, 2.05) is 18.2 Å². The van der Waals surface area contributed by atoms with Gasteiger partial charge in [-0.2, -0.15) is 9.78 Å². The van der Waals surface area contributed by atoms with Gasteiger partial charge in [-0.1, -0.05) is 55.8 Å². The van der Waals surface area contributed by atoms with E-state index in [1.165, 1.54) is 36.8 Å². The van der Waals surface area contributed by atoms with E-state index in [0.717, 1.165) is 6.42 Å². The summed E-state index contributed by atoms with van der Waals surface area (Å²) in [5.74, 6) is 0.510. The van der Waals surface area contributed by atoms with Crippen molar-refractivity contribution in [2.75, 3.05) is 6.61 Å². The summed E-state index contributed by atoms with van der Waals surface area (Å²) in [6.45, 7) is 0.397. The third-order valence-corrected chi connectivity index (χ3v) is 6.64. The van der Waals surface area contributed by atoms with Crippen LogP contribution in [0.4, 0.5) is 0 Å². The number of aromatic nitrogens is 2. The van der Waals surface area contributed by atoms with E-state index in [2.05, 4.69) is 5.10 Å². The van der Waals surface area contributed by atoms with Crippen LogP contribution in [0.3, 0.4) is 0 Å². The van der Waals surface area contributed by atoms with Gasteiger partial charge in [-0.25, -0.2) is 0 Å². The number of fused-ring (bicyclic) bond motifs is 3. The number of rotatable bonds is 6. The van der Waals surface area contributed by atoms with Gasteiger partial charge in [0.2, 0.25) is 0 Å². The van der Waals surface area contributed by atoms with Crippen molar-refractivity contribution in [1.82, 2.24) is 9.78 Å². The molecule has 0 spiro atoms. The zero-order valence-electron chi connectivity index (χ0n) is 18.3. The lowest BCUT2D eigenvalue weighted by Crippen LogP contribution is -2.17. The van der Waals surface area contributed by atoms with Crippen molar-refractivity contribution in [3.8, 4) is 16.9 Å². The second-order valence-corrected chi connectivity index (χ2v) is 9.06. The summed E-state index contributed by atoms with van der Waals surface area (Å²) in [4.78, 5) is 26.0. The van der Waals surface area contributed by atoms with E-state index < -0.39 is 5.97 Å². The van der Waals surface area contributed by atoms with Crippen molar-refractivity contribution >= 4 is 28.5 Å². The Bertz CT molecular complexity index is 1300. The number of para-hydroxylation sites is 1. The van der Waals surface area contributed by atoms with Crippen LogP contribution in [0.1, 0.15) is 44.3 Å². The van der Waals surface area contributed by atoms with Gasteiger partial charge in [0.25, 0.3) is 5.56 Å². The van der Waals surface area contributed by atoms with Crippen LogP contribution < -0.4 is 5.56 Å². The SMILES string of the molecule is O=C(Cc1oc2ccccc2c2nn(-c3ccc(Cl)cc3)c(=O)c1-2)OCCC1CCCCC1. The summed E-state index contributed by atoms with van der Waals surface area (Å²) >= 11 is 6.00. The molecule has 1 saturated carbocycles. The Morgan fingerprint density at radius 1 is 1.09 bits per heavy atom. The molecular formula is C26H25ClN2O4. The molecule has 170 valence electrons. The summed E-state index contributed by atoms with van der Waals surface area (Å²) in [5.41, 5.74) is 1.61. The molecule has 1 fully saturated rings. The van der Waals surface area contributed by atoms with Gasteiger partial charge < -0.3 is 9.15 Å². The Kier molecular flexibility index (Phi) is 6.18. The first-order chi connectivity index (χ1) is 16.1. The number of carbonyl (C=O) groups excluding carboxylic acids is 1. The molecule has 3 aliphatic rings. The fraction of sp³-hybridized carbons (Fsp3) is 0.346. The molecule has 2 aromatic carbocycles. The van der Waals surface area contributed by atoms with E-state index in [1.54, 1.807) is 30.3 Å². The van der Waals surface area contributed by atoms with Crippen molar-refractivity contribution < 1.29 is 13.9 Å². The predicted octanol–water partition coefficient (Wildman–Crippen LogP) is 5.79. The van der Waals surface area contributed by atoms with Crippen LogP contribution in [-0.4, -0.2) is 22.4 Å². The van der Waals surface area contributed by atoms with Crippen LogP contribution in [0.2, 0.25) is 5.02 Å². The molecule has 33 heavy (non-hydrogen) atoms. The van der Waals surface area contributed by atoms with Crippen molar-refractivity contribution in [3.63, 3.8) is 0 Å². The van der Waals surface area contributed by atoms with Crippen LogP contribution in [0, 0.1) is 5.92 Å². The van der Waals surface area contributed by atoms with Gasteiger partial charge in [0.05, 0.1) is 12.3 Å². The van der Waals surface area contributed by atoms with Crippen LogP contribution in [0.25, 0.3) is 27.9 Å². The summed E-state index contributed by atoms with van der Waals surface area (Å²) in [6, 6.07) is 14.2. The Morgan fingerprint density at radius 2 is 1.85 bits per heavy atom. The molecule has 0 unspecified atom stereocenters. The minimum absolute atomic E-state index is 0.118. The Morgan fingerprint density at radius 3 is 2.64 bits per heavy atom. The topological polar surface area (TPSA) is 74.3 Å². The second kappa shape index (κ2) is 9.40. The van der Waals surface area contributed by atoms with Gasteiger partial charge in [0.15, 0.2) is 0 Å². The van der Waals surface area contributed by atoms with E-state index in [0.29, 0.717) is 45.5 Å². The maximum Gasteiger partial charge on any atom is 0.313 e. The number of benzene rings is 2. The van der Waals surface area contributed by atoms with Crippen molar-refractivity contribution in [1.29, 1.82) is 0 Å². The van der Waals surface area contributed by atoms with Crippen LogP contribution in [-0.2, 0) is 16.0 Å². The van der Waals surface area contributed by atoms with Crippen LogP contribution >= 0.6 is 11.6 Å². The molecule has 0 amide bonds. The van der Waals surface area contributed by atoms with E-state index >= 15 is 0 Å². The van der Waals surface area contributed by atoms with Crippen molar-refractivity contribution in [2.24, 2.45) is 5.92 Å². The second-order valence-electron chi connectivity index (χ2n) is 8.63. The standard InChI is InChI=1S/C26H25ClN2O4/c27-18-10-12-19(13-11-18)29-26(31)24-22(33-21-9-5-4-8-20(21)25(24)28-29)16-23(30)32-15-14-17-6-2-1-3-7-17/h4-5,8-13,17H,1-3,6-7,14-16H2. The first-order valence-electron chi connectivity index (χ1n) is 11.4. The number of halogens is 1. The normalized spacial score (nSPS) is 14.7. The highest BCUT2D eigenvalue weighted by molar-refractivity contribution is 6.30. The zero-order valence-corrected chi connectivity index (χ0v) is 19.0. The molecule has 5 rings (SSSR count). The molecule has 0 atom stereocenters. The average molecular weight is 465 g/mol. The molecule has 6 nitrogen and oxygen atoms in total. The first kappa shape index (κ1) is 21.7. The Labute approximate surface area is 196 Å². The Balaban J connectivity index is 1.45. The number of esters is 1. The van der Waals surface area contributed by atoms with Crippen LogP contribution in [0.5, 0.6) is 0 Å². The van der Waals surface area contributed by atoms with Gasteiger partial charge in [0.1, 0.15) is 29.0 Å². The lowest BCUT2D eigenvalue weighted by Gasteiger charge is -2.21. The Hall–Kier alpha value is -3.12. The average Bonchev–Trinajstić information content (AvgIpc) is 3.18. The molecule has 0 aromatic heterocycles. The number of hydrogen-bond donors (Lipinski definition) is 0. The summed E-state index contributed by atoms with van der Waals surface area (Å²) in [6.07, 6.45) is 7.01. The first-order valence-corrected chi connectivity index (χ1v) is 11.8. The van der Waals surface area contributed by atoms with Gasteiger partial charge >= 0.3 is 5.97 Å². The van der Waals surface area contributed by atoms with Gasteiger partial charge in [-0.05, 0) is 48.7 Å². The predicted molar refractivity (Wildman–Crippen MR) is 127 cm³/mol. The fourth-order valence-corrected chi connectivity index (χ4v) is 4.78. The van der Waals surface area contributed by atoms with Gasteiger partial charge in [-0.15, -0.1) is 0 Å². The molecule has 2 heterocycles. The highest BCUT2D eigenvalue weighted by atomic mass is 35.5. The minimum Gasteiger partial charge on any atom is -0.465 e. The summed E-state index contributed by atoms with van der Waals surface area (Å²) in [5, 5.41) is 5.86. The molecule has 7 heteroatoms. The molecule has 1 aliphatic carbocycles. The van der Waals surface area contributed by atoms with Gasteiger partial charge in [0, 0.05) is 10.4 Å². The quantitative estimate of drug-likeness (QED) is 0.337. The molecule has 0 saturated heterocycles. The molecule has 0 radical (unpaired) electrons. The molecule has 2 aliphatic heterocycles. The molecule has 0 bridgehead atoms.